The zero-order chi connectivity index (χ0) is 27.9. The number of carbonyl (C=O) groups excluding carboxylic acids is 2. The highest BCUT2D eigenvalue weighted by Gasteiger charge is 2.51. The molecule has 4 rings (SSSR count). The summed E-state index contributed by atoms with van der Waals surface area (Å²) in [6.45, 7) is 10.8. The van der Waals surface area contributed by atoms with E-state index in [0.29, 0.717) is 29.5 Å². The Balaban J connectivity index is 1.21. The SMILES string of the molecule is CCCCCCCCCCOc1ccc(C(=O)Nc2ccc(C(=O)N3C[C@]4(C)C[C@H]3CC(C)(C)C4)cc2)cc1. The third-order valence-corrected chi connectivity index (χ3v) is 8.45. The highest BCUT2D eigenvalue weighted by atomic mass is 16.5. The number of carbonyl (C=O) groups is 2. The fourth-order valence-corrected chi connectivity index (χ4v) is 6.89. The van der Waals surface area contributed by atoms with Gasteiger partial charge in [-0.15, -0.1) is 0 Å². The molecule has 2 atom stereocenters. The van der Waals surface area contributed by atoms with Gasteiger partial charge in [0.05, 0.1) is 6.61 Å². The topological polar surface area (TPSA) is 58.6 Å². The first-order valence-electron chi connectivity index (χ1n) is 15.1. The Kier molecular flexibility index (Phi) is 9.74. The van der Waals surface area contributed by atoms with Gasteiger partial charge in [-0.05, 0) is 85.0 Å². The highest BCUT2D eigenvalue weighted by molar-refractivity contribution is 6.04. The van der Waals surface area contributed by atoms with Crippen LogP contribution in [0.15, 0.2) is 48.5 Å². The van der Waals surface area contributed by atoms with E-state index in [1.165, 1.54) is 44.9 Å². The van der Waals surface area contributed by atoms with Crippen molar-refractivity contribution in [2.24, 2.45) is 10.8 Å². The second-order valence-electron chi connectivity index (χ2n) is 13.0. The van der Waals surface area contributed by atoms with E-state index in [1.54, 1.807) is 12.1 Å². The van der Waals surface area contributed by atoms with Crippen LogP contribution in [0.25, 0.3) is 0 Å². The highest BCUT2D eigenvalue weighted by Crippen LogP contribution is 2.52. The van der Waals surface area contributed by atoms with Crippen LogP contribution >= 0.6 is 0 Å². The number of fused-ring (bicyclic) bond motifs is 2. The molecule has 39 heavy (non-hydrogen) atoms. The summed E-state index contributed by atoms with van der Waals surface area (Å²) < 4.78 is 5.86. The Bertz CT molecular complexity index is 1090. The molecule has 0 unspecified atom stereocenters. The van der Waals surface area contributed by atoms with Crippen molar-refractivity contribution < 1.29 is 14.3 Å². The smallest absolute Gasteiger partial charge is 0.255 e. The molecule has 0 radical (unpaired) electrons. The Hall–Kier alpha value is -2.82. The zero-order valence-electron chi connectivity index (χ0n) is 24.6. The number of likely N-dealkylation sites (tertiary alicyclic amines) is 1. The molecule has 1 aliphatic carbocycles. The van der Waals surface area contributed by atoms with E-state index in [9.17, 15) is 9.59 Å². The monoisotopic (exact) mass is 532 g/mol. The molecule has 2 aromatic rings. The minimum absolute atomic E-state index is 0.0989. The first-order valence-corrected chi connectivity index (χ1v) is 15.1. The van der Waals surface area contributed by atoms with Gasteiger partial charge in [0.25, 0.3) is 11.8 Å². The fraction of sp³-hybridized carbons (Fsp3) is 0.588. The van der Waals surface area contributed by atoms with Gasteiger partial charge >= 0.3 is 0 Å². The molecule has 1 aliphatic heterocycles. The lowest BCUT2D eigenvalue weighted by atomic mass is 9.65. The molecule has 2 amide bonds. The first kappa shape index (κ1) is 29.2. The van der Waals surface area contributed by atoms with Gasteiger partial charge in [-0.3, -0.25) is 9.59 Å². The Labute approximate surface area is 235 Å². The van der Waals surface area contributed by atoms with Crippen LogP contribution in [0.2, 0.25) is 0 Å². The lowest BCUT2D eigenvalue weighted by Gasteiger charge is -2.39. The van der Waals surface area contributed by atoms with E-state index in [0.717, 1.165) is 38.0 Å². The predicted molar refractivity (Wildman–Crippen MR) is 160 cm³/mol. The summed E-state index contributed by atoms with van der Waals surface area (Å²) in [5.41, 5.74) is 2.43. The number of nitrogens with one attached hydrogen (secondary N) is 1. The normalized spacial score (nSPS) is 21.5. The maximum atomic E-state index is 13.3. The molecule has 1 saturated heterocycles. The number of ether oxygens (including phenoxy) is 1. The number of nitrogens with zero attached hydrogens (tertiary/aromatic N) is 1. The van der Waals surface area contributed by atoms with Crippen molar-refractivity contribution in [1.82, 2.24) is 4.90 Å². The van der Waals surface area contributed by atoms with Crippen LogP contribution in [0.4, 0.5) is 5.69 Å². The molecule has 1 saturated carbocycles. The number of hydrogen-bond donors (Lipinski definition) is 1. The van der Waals surface area contributed by atoms with Crippen molar-refractivity contribution in [3.63, 3.8) is 0 Å². The lowest BCUT2D eigenvalue weighted by Crippen LogP contribution is -2.37. The third-order valence-electron chi connectivity index (χ3n) is 8.45. The van der Waals surface area contributed by atoms with Gasteiger partial charge in [0, 0.05) is 29.4 Å². The van der Waals surface area contributed by atoms with Crippen LogP contribution in [0.3, 0.4) is 0 Å². The summed E-state index contributed by atoms with van der Waals surface area (Å²) >= 11 is 0. The number of anilines is 1. The van der Waals surface area contributed by atoms with E-state index < -0.39 is 0 Å². The van der Waals surface area contributed by atoms with Crippen molar-refractivity contribution in [1.29, 1.82) is 0 Å². The van der Waals surface area contributed by atoms with E-state index in [4.69, 9.17) is 4.74 Å². The number of benzene rings is 2. The molecule has 0 spiro atoms. The summed E-state index contributed by atoms with van der Waals surface area (Å²) in [6.07, 6.45) is 13.5. The largest absolute Gasteiger partial charge is 0.494 e. The van der Waals surface area contributed by atoms with Gasteiger partial charge in [-0.25, -0.2) is 0 Å². The van der Waals surface area contributed by atoms with Crippen LogP contribution in [0, 0.1) is 10.8 Å². The van der Waals surface area contributed by atoms with Crippen molar-refractivity contribution in [2.45, 2.75) is 104 Å². The standard InChI is InChI=1S/C34H48N2O3/c1-5-6-7-8-9-10-11-12-21-39-30-19-15-26(16-20-30)31(37)35-28-17-13-27(14-18-28)32(38)36-25-34(4)23-29(36)22-33(2,3)24-34/h13-20,29H,5-12,21-25H2,1-4H3,(H,35,37)/t29-,34-/m1/s1. The lowest BCUT2D eigenvalue weighted by molar-refractivity contribution is 0.0708. The Morgan fingerprint density at radius 3 is 2.13 bits per heavy atom. The molecule has 2 fully saturated rings. The fourth-order valence-electron chi connectivity index (χ4n) is 6.89. The average Bonchev–Trinajstić information content (AvgIpc) is 3.16. The first-order chi connectivity index (χ1) is 18.7. The predicted octanol–water partition coefficient (Wildman–Crippen LogP) is 8.50. The van der Waals surface area contributed by atoms with Crippen LogP contribution < -0.4 is 10.1 Å². The minimum Gasteiger partial charge on any atom is -0.494 e. The minimum atomic E-state index is -0.174. The molecule has 1 heterocycles. The molecular weight excluding hydrogens is 484 g/mol. The van der Waals surface area contributed by atoms with Gasteiger partial charge in [-0.2, -0.15) is 0 Å². The van der Waals surface area contributed by atoms with E-state index in [2.05, 4.69) is 37.9 Å². The zero-order valence-corrected chi connectivity index (χ0v) is 24.6. The van der Waals surface area contributed by atoms with Crippen molar-refractivity contribution in [2.75, 3.05) is 18.5 Å². The summed E-state index contributed by atoms with van der Waals surface area (Å²) in [4.78, 5) is 28.2. The van der Waals surface area contributed by atoms with E-state index in [-0.39, 0.29) is 22.6 Å². The summed E-state index contributed by atoms with van der Waals surface area (Å²) in [7, 11) is 0. The van der Waals surface area contributed by atoms with Crippen LogP contribution in [-0.4, -0.2) is 35.9 Å². The molecule has 212 valence electrons. The molecule has 5 heteroatoms. The number of hydrogen-bond acceptors (Lipinski definition) is 3. The van der Waals surface area contributed by atoms with E-state index >= 15 is 0 Å². The van der Waals surface area contributed by atoms with Gasteiger partial charge in [0.2, 0.25) is 0 Å². The van der Waals surface area contributed by atoms with Crippen molar-refractivity contribution in [3.8, 4) is 5.75 Å². The maximum absolute atomic E-state index is 13.3. The summed E-state index contributed by atoms with van der Waals surface area (Å²) in [5, 5.41) is 2.95. The molecule has 5 nitrogen and oxygen atoms in total. The molecule has 0 aromatic heterocycles. The summed E-state index contributed by atoms with van der Waals surface area (Å²) in [6, 6.07) is 14.9. The molecule has 2 bridgehead atoms. The summed E-state index contributed by atoms with van der Waals surface area (Å²) in [5.74, 6) is 0.718. The van der Waals surface area contributed by atoms with Gasteiger partial charge in [-0.1, -0.05) is 72.6 Å². The Morgan fingerprint density at radius 1 is 0.846 bits per heavy atom. The van der Waals surface area contributed by atoms with Crippen LogP contribution in [0.1, 0.15) is 119 Å². The molecule has 1 N–H and O–H groups in total. The van der Waals surface area contributed by atoms with Crippen molar-refractivity contribution >= 4 is 17.5 Å². The maximum Gasteiger partial charge on any atom is 0.255 e. The Morgan fingerprint density at radius 2 is 1.46 bits per heavy atom. The van der Waals surface area contributed by atoms with Crippen LogP contribution in [-0.2, 0) is 0 Å². The molecular formula is C34H48N2O3. The number of amides is 2. The quantitative estimate of drug-likeness (QED) is 0.263. The second-order valence-corrected chi connectivity index (χ2v) is 13.0. The average molecular weight is 533 g/mol. The van der Waals surface area contributed by atoms with E-state index in [1.807, 2.05) is 36.4 Å². The number of unbranched alkanes of at least 4 members (excludes halogenated alkanes) is 7. The molecule has 2 aromatic carbocycles. The van der Waals surface area contributed by atoms with Crippen molar-refractivity contribution in [3.05, 3.63) is 59.7 Å². The van der Waals surface area contributed by atoms with Gasteiger partial charge in [0.15, 0.2) is 0 Å². The van der Waals surface area contributed by atoms with Gasteiger partial charge < -0.3 is 15.0 Å². The van der Waals surface area contributed by atoms with Crippen LogP contribution in [0.5, 0.6) is 5.75 Å². The third kappa shape index (κ3) is 8.09. The second kappa shape index (κ2) is 13.0. The van der Waals surface area contributed by atoms with Gasteiger partial charge in [0.1, 0.15) is 5.75 Å². The molecule has 2 aliphatic rings. The number of rotatable bonds is 13.